The molecule has 1 unspecified atom stereocenters. The first-order valence-electron chi connectivity index (χ1n) is 9.71. The van der Waals surface area contributed by atoms with Gasteiger partial charge in [-0.05, 0) is 55.4 Å². The molecule has 2 aromatic heterocycles. The molecule has 0 aliphatic carbocycles. The molecule has 0 spiro atoms. The predicted molar refractivity (Wildman–Crippen MR) is 115 cm³/mol. The quantitative estimate of drug-likeness (QED) is 0.573. The Labute approximate surface area is 173 Å². The summed E-state index contributed by atoms with van der Waals surface area (Å²) in [6.45, 7) is 5.15. The lowest BCUT2D eigenvalue weighted by atomic mass is 9.97. The molecular weight excluding hydrogens is 390 g/mol. The predicted octanol–water partition coefficient (Wildman–Crippen LogP) is 4.57. The van der Waals surface area contributed by atoms with Crippen LogP contribution in [0.3, 0.4) is 0 Å². The Morgan fingerprint density at radius 3 is 2.89 bits per heavy atom. The number of hydrogen-bond acceptors (Lipinski definition) is 6. The molecule has 1 amide bonds. The number of likely N-dealkylation sites (tertiary alicyclic amines) is 1. The van der Waals surface area contributed by atoms with E-state index in [1.54, 1.807) is 11.3 Å². The maximum Gasteiger partial charge on any atom is 0.257 e. The van der Waals surface area contributed by atoms with Crippen LogP contribution >= 0.6 is 23.1 Å². The summed E-state index contributed by atoms with van der Waals surface area (Å²) in [7, 11) is 0. The Bertz CT molecular complexity index is 868. The van der Waals surface area contributed by atoms with Gasteiger partial charge < -0.3 is 9.73 Å². The second-order valence-electron chi connectivity index (χ2n) is 7.29. The molecule has 148 valence electrons. The van der Waals surface area contributed by atoms with Crippen LogP contribution in [0.2, 0.25) is 0 Å². The van der Waals surface area contributed by atoms with Crippen molar-refractivity contribution in [3.63, 3.8) is 0 Å². The van der Waals surface area contributed by atoms with Crippen molar-refractivity contribution in [1.82, 2.24) is 15.2 Å². The number of thioether (sulfide) groups is 1. The Hall–Kier alpha value is -1.83. The minimum absolute atomic E-state index is 0.0131. The van der Waals surface area contributed by atoms with Crippen LogP contribution in [0.5, 0.6) is 0 Å². The van der Waals surface area contributed by atoms with Crippen LogP contribution in [-0.2, 0) is 4.79 Å². The number of nitrogens with zero attached hydrogens (tertiary/aromatic N) is 2. The maximum atomic E-state index is 12.4. The number of para-hydroxylation sites is 2. The summed E-state index contributed by atoms with van der Waals surface area (Å²) in [4.78, 5) is 20.7. The van der Waals surface area contributed by atoms with Crippen molar-refractivity contribution in [1.29, 1.82) is 0 Å². The van der Waals surface area contributed by atoms with Crippen LogP contribution in [0.15, 0.2) is 51.4 Å². The van der Waals surface area contributed by atoms with E-state index in [0.29, 0.717) is 17.5 Å². The number of hydrogen-bond donors (Lipinski definition) is 1. The van der Waals surface area contributed by atoms with Crippen LogP contribution in [0.4, 0.5) is 0 Å². The van der Waals surface area contributed by atoms with Crippen LogP contribution in [-0.4, -0.2) is 41.2 Å². The number of aromatic nitrogens is 1. The molecule has 0 bridgehead atoms. The number of carbonyl (C=O) groups is 1. The number of fused-ring (bicyclic) bond motifs is 1. The summed E-state index contributed by atoms with van der Waals surface area (Å²) in [6.07, 6.45) is 2.45. The van der Waals surface area contributed by atoms with E-state index >= 15 is 0 Å². The fraction of sp³-hybridized carbons (Fsp3) is 0.429. The molecule has 1 saturated heterocycles. The summed E-state index contributed by atoms with van der Waals surface area (Å²) in [5, 5.41) is 5.77. The van der Waals surface area contributed by atoms with E-state index in [1.807, 2.05) is 24.3 Å². The molecule has 1 aliphatic rings. The maximum absolute atomic E-state index is 12.4. The van der Waals surface area contributed by atoms with Gasteiger partial charge in [-0.2, -0.15) is 0 Å². The highest BCUT2D eigenvalue weighted by Crippen LogP contribution is 2.29. The third kappa shape index (κ3) is 4.77. The molecule has 5 nitrogen and oxygen atoms in total. The number of nitrogens with one attached hydrogen (secondary N) is 1. The van der Waals surface area contributed by atoms with Gasteiger partial charge in [0.25, 0.3) is 5.22 Å². The summed E-state index contributed by atoms with van der Waals surface area (Å²) >= 11 is 3.11. The van der Waals surface area contributed by atoms with Crippen LogP contribution in [0.25, 0.3) is 11.1 Å². The van der Waals surface area contributed by atoms with Gasteiger partial charge in [0.15, 0.2) is 5.58 Å². The van der Waals surface area contributed by atoms with Crippen molar-refractivity contribution in [3.8, 4) is 0 Å². The van der Waals surface area contributed by atoms with Gasteiger partial charge in [-0.3, -0.25) is 9.69 Å². The molecule has 0 saturated carbocycles. The number of rotatable bonds is 7. The average molecular weight is 416 g/mol. The van der Waals surface area contributed by atoms with E-state index in [2.05, 4.69) is 39.6 Å². The highest BCUT2D eigenvalue weighted by molar-refractivity contribution is 7.99. The lowest BCUT2D eigenvalue weighted by Crippen LogP contribution is -2.42. The van der Waals surface area contributed by atoms with Crippen molar-refractivity contribution in [2.24, 2.45) is 5.92 Å². The molecule has 1 aromatic carbocycles. The van der Waals surface area contributed by atoms with Gasteiger partial charge in [0.2, 0.25) is 5.91 Å². The molecule has 4 rings (SSSR count). The zero-order valence-corrected chi connectivity index (χ0v) is 17.6. The lowest BCUT2D eigenvalue weighted by molar-refractivity contribution is -0.118. The van der Waals surface area contributed by atoms with E-state index in [9.17, 15) is 4.79 Å². The summed E-state index contributed by atoms with van der Waals surface area (Å²) in [5.74, 6) is 1.11. The van der Waals surface area contributed by atoms with Crippen molar-refractivity contribution >= 4 is 40.1 Å². The third-order valence-corrected chi connectivity index (χ3v) is 7.03. The van der Waals surface area contributed by atoms with E-state index in [1.165, 1.54) is 29.5 Å². The molecule has 28 heavy (non-hydrogen) atoms. The minimum atomic E-state index is 0.0131. The summed E-state index contributed by atoms with van der Waals surface area (Å²) in [6, 6.07) is 12.2. The standard InChI is InChI=1S/C21H25N3O2S2/c1-15-8-10-24(11-9-15)17(19-7-4-12-27-19)13-22-20(25)14-28-21-23-16-5-2-3-6-18(16)26-21/h2-7,12,15,17H,8-11,13-14H2,1H3,(H,22,25). The summed E-state index contributed by atoms with van der Waals surface area (Å²) < 4.78 is 5.67. The second-order valence-corrected chi connectivity index (χ2v) is 9.20. The number of oxazole rings is 1. The molecule has 3 heterocycles. The Kier molecular flexibility index (Phi) is 6.34. The second kappa shape index (κ2) is 9.11. The SMILES string of the molecule is CC1CCN(C(CNC(=O)CSc2nc3ccccc3o2)c2cccs2)CC1. The van der Waals surface area contributed by atoms with Crippen molar-refractivity contribution in [2.75, 3.05) is 25.4 Å². The van der Waals surface area contributed by atoms with Gasteiger partial charge in [0.1, 0.15) is 5.52 Å². The molecule has 1 N–H and O–H groups in total. The number of thiophene rings is 1. The normalized spacial score (nSPS) is 17.0. The molecule has 0 radical (unpaired) electrons. The van der Waals surface area contributed by atoms with Crippen LogP contribution in [0.1, 0.15) is 30.7 Å². The first kappa shape index (κ1) is 19.5. The Morgan fingerprint density at radius 1 is 1.32 bits per heavy atom. The number of carbonyl (C=O) groups excluding carboxylic acids is 1. The Balaban J connectivity index is 1.32. The lowest BCUT2D eigenvalue weighted by Gasteiger charge is -2.36. The van der Waals surface area contributed by atoms with Crippen molar-refractivity contribution in [3.05, 3.63) is 46.7 Å². The minimum Gasteiger partial charge on any atom is -0.431 e. The van der Waals surface area contributed by atoms with Crippen molar-refractivity contribution in [2.45, 2.75) is 31.0 Å². The molecule has 1 aliphatic heterocycles. The average Bonchev–Trinajstić information content (AvgIpc) is 3.37. The topological polar surface area (TPSA) is 58.4 Å². The molecule has 1 fully saturated rings. The van der Waals surface area contributed by atoms with Gasteiger partial charge >= 0.3 is 0 Å². The van der Waals surface area contributed by atoms with E-state index in [-0.39, 0.29) is 11.9 Å². The number of benzene rings is 1. The first-order valence-corrected chi connectivity index (χ1v) is 11.6. The zero-order chi connectivity index (χ0) is 19.3. The smallest absolute Gasteiger partial charge is 0.257 e. The fourth-order valence-electron chi connectivity index (χ4n) is 3.53. The van der Waals surface area contributed by atoms with Crippen molar-refractivity contribution < 1.29 is 9.21 Å². The fourth-order valence-corrected chi connectivity index (χ4v) is 5.06. The molecule has 7 heteroatoms. The number of amides is 1. The largest absolute Gasteiger partial charge is 0.431 e. The van der Waals surface area contributed by atoms with E-state index in [0.717, 1.165) is 30.1 Å². The number of piperidine rings is 1. The van der Waals surface area contributed by atoms with Crippen LogP contribution in [0, 0.1) is 5.92 Å². The van der Waals surface area contributed by atoms with Gasteiger partial charge in [0, 0.05) is 11.4 Å². The highest BCUT2D eigenvalue weighted by Gasteiger charge is 2.25. The Morgan fingerprint density at radius 2 is 2.14 bits per heavy atom. The molecule has 1 atom stereocenters. The van der Waals surface area contributed by atoms with Gasteiger partial charge in [0.05, 0.1) is 11.8 Å². The van der Waals surface area contributed by atoms with Gasteiger partial charge in [-0.15, -0.1) is 11.3 Å². The van der Waals surface area contributed by atoms with Gasteiger partial charge in [-0.25, -0.2) is 4.98 Å². The highest BCUT2D eigenvalue weighted by atomic mass is 32.2. The van der Waals surface area contributed by atoms with Gasteiger partial charge in [-0.1, -0.05) is 36.9 Å². The summed E-state index contributed by atoms with van der Waals surface area (Å²) in [5.41, 5.74) is 1.57. The zero-order valence-electron chi connectivity index (χ0n) is 16.0. The van der Waals surface area contributed by atoms with E-state index in [4.69, 9.17) is 4.42 Å². The molecule has 3 aromatic rings. The van der Waals surface area contributed by atoms with E-state index < -0.39 is 0 Å². The monoisotopic (exact) mass is 415 g/mol. The first-order chi connectivity index (χ1) is 13.7. The molecular formula is C21H25N3O2S2. The third-order valence-electron chi connectivity index (χ3n) is 5.22. The van der Waals surface area contributed by atoms with Crippen LogP contribution < -0.4 is 5.32 Å².